The molecule has 0 spiro atoms. The number of amides is 2. The van der Waals surface area contributed by atoms with Crippen molar-refractivity contribution in [2.45, 2.75) is 52.1 Å². The van der Waals surface area contributed by atoms with E-state index in [0.29, 0.717) is 29.5 Å². The van der Waals surface area contributed by atoms with Gasteiger partial charge in [0.15, 0.2) is 11.5 Å². The summed E-state index contributed by atoms with van der Waals surface area (Å²) in [6.45, 7) is 7.51. The van der Waals surface area contributed by atoms with Crippen LogP contribution >= 0.6 is 0 Å². The van der Waals surface area contributed by atoms with Gasteiger partial charge in [0.2, 0.25) is 0 Å². The Kier molecular flexibility index (Phi) is 6.17. The van der Waals surface area contributed by atoms with E-state index in [4.69, 9.17) is 8.94 Å². The zero-order valence-corrected chi connectivity index (χ0v) is 18.8. The molecule has 3 aromatic rings. The minimum Gasteiger partial charge on any atom is -0.467 e. The molecule has 0 saturated heterocycles. The van der Waals surface area contributed by atoms with Gasteiger partial charge in [0.25, 0.3) is 11.8 Å². The lowest BCUT2D eigenvalue weighted by Crippen LogP contribution is -2.30. The molecule has 0 atom stereocenters. The molecule has 1 saturated carbocycles. The van der Waals surface area contributed by atoms with Crippen molar-refractivity contribution < 1.29 is 18.5 Å². The topological polar surface area (TPSA) is 88.6 Å². The van der Waals surface area contributed by atoms with E-state index in [1.165, 1.54) is 0 Å². The number of nitrogens with zero attached hydrogens (tertiary/aromatic N) is 2. The highest BCUT2D eigenvalue weighted by Crippen LogP contribution is 2.27. The average molecular weight is 436 g/mol. The van der Waals surface area contributed by atoms with E-state index in [9.17, 15) is 9.59 Å². The molecule has 168 valence electrons. The van der Waals surface area contributed by atoms with Crippen LogP contribution in [0.15, 0.2) is 57.7 Å². The first-order valence-electron chi connectivity index (χ1n) is 11.0. The van der Waals surface area contributed by atoms with Crippen molar-refractivity contribution in [1.82, 2.24) is 15.4 Å². The molecule has 2 heterocycles. The first kappa shape index (κ1) is 21.9. The van der Waals surface area contributed by atoms with Crippen LogP contribution in [0.5, 0.6) is 0 Å². The zero-order chi connectivity index (χ0) is 22.7. The summed E-state index contributed by atoms with van der Waals surface area (Å²) in [6.07, 6.45) is 3.89. The highest BCUT2D eigenvalue weighted by atomic mass is 16.5. The highest BCUT2D eigenvalue weighted by Gasteiger charge is 2.24. The van der Waals surface area contributed by atoms with Crippen molar-refractivity contribution in [2.24, 2.45) is 5.92 Å². The van der Waals surface area contributed by atoms with Gasteiger partial charge in [0, 0.05) is 18.2 Å². The molecule has 1 N–H and O–H groups in total. The third-order valence-electron chi connectivity index (χ3n) is 5.60. The molecule has 7 nitrogen and oxygen atoms in total. The SMILES string of the molecule is CC(C)(C)c1ccc(C(=O)N(Cc2ccco2)Cc2cc(C(=O)NCC3CC3)no2)cc1. The Hall–Kier alpha value is -3.35. The predicted molar refractivity (Wildman–Crippen MR) is 119 cm³/mol. The fraction of sp³-hybridized carbons (Fsp3) is 0.400. The van der Waals surface area contributed by atoms with Crippen LogP contribution in [-0.2, 0) is 18.5 Å². The number of nitrogens with one attached hydrogen (secondary N) is 1. The standard InChI is InChI=1S/C25H29N3O4/c1-25(2,3)19-10-8-18(9-11-19)24(30)28(15-20-5-4-12-31-20)16-21-13-22(27-32-21)23(29)26-14-17-6-7-17/h4-5,8-13,17H,6-7,14-16H2,1-3H3,(H,26,29). The fourth-order valence-corrected chi connectivity index (χ4v) is 3.42. The van der Waals surface area contributed by atoms with Crippen molar-refractivity contribution in [3.05, 3.63) is 77.1 Å². The van der Waals surface area contributed by atoms with Gasteiger partial charge in [-0.15, -0.1) is 0 Å². The molecule has 1 aliphatic rings. The van der Waals surface area contributed by atoms with Crippen LogP contribution in [0.3, 0.4) is 0 Å². The van der Waals surface area contributed by atoms with Crippen LogP contribution in [0, 0.1) is 5.92 Å². The predicted octanol–water partition coefficient (Wildman–Crippen LogP) is 4.55. The van der Waals surface area contributed by atoms with Crippen LogP contribution in [0.2, 0.25) is 0 Å². The molecule has 2 aromatic heterocycles. The lowest BCUT2D eigenvalue weighted by Gasteiger charge is -2.22. The van der Waals surface area contributed by atoms with Gasteiger partial charge in [-0.3, -0.25) is 9.59 Å². The normalized spacial score (nSPS) is 13.7. The summed E-state index contributed by atoms with van der Waals surface area (Å²) >= 11 is 0. The first-order chi connectivity index (χ1) is 15.3. The van der Waals surface area contributed by atoms with Crippen molar-refractivity contribution >= 4 is 11.8 Å². The number of aromatic nitrogens is 1. The average Bonchev–Trinajstić information content (AvgIpc) is 3.23. The van der Waals surface area contributed by atoms with E-state index >= 15 is 0 Å². The summed E-state index contributed by atoms with van der Waals surface area (Å²) < 4.78 is 10.8. The number of benzene rings is 1. The third kappa shape index (κ3) is 5.46. The molecular weight excluding hydrogens is 406 g/mol. The Bertz CT molecular complexity index is 1060. The molecule has 1 aromatic carbocycles. The van der Waals surface area contributed by atoms with Gasteiger partial charge in [-0.2, -0.15) is 0 Å². The van der Waals surface area contributed by atoms with Crippen molar-refractivity contribution in [2.75, 3.05) is 6.54 Å². The van der Waals surface area contributed by atoms with Gasteiger partial charge in [-0.1, -0.05) is 38.1 Å². The lowest BCUT2D eigenvalue weighted by molar-refractivity contribution is 0.0700. The highest BCUT2D eigenvalue weighted by molar-refractivity contribution is 5.94. The molecule has 0 radical (unpaired) electrons. The van der Waals surface area contributed by atoms with Crippen molar-refractivity contribution in [3.63, 3.8) is 0 Å². The molecular formula is C25H29N3O4. The van der Waals surface area contributed by atoms with E-state index in [2.05, 4.69) is 31.2 Å². The zero-order valence-electron chi connectivity index (χ0n) is 18.8. The second-order valence-electron chi connectivity index (χ2n) is 9.40. The van der Waals surface area contributed by atoms with Gasteiger partial charge in [-0.25, -0.2) is 0 Å². The van der Waals surface area contributed by atoms with Gasteiger partial charge >= 0.3 is 0 Å². The van der Waals surface area contributed by atoms with Crippen LogP contribution in [0.4, 0.5) is 0 Å². The maximum Gasteiger partial charge on any atom is 0.273 e. The number of carbonyl (C=O) groups is 2. The maximum absolute atomic E-state index is 13.3. The lowest BCUT2D eigenvalue weighted by atomic mass is 9.86. The first-order valence-corrected chi connectivity index (χ1v) is 11.0. The number of hydrogen-bond acceptors (Lipinski definition) is 5. The van der Waals surface area contributed by atoms with Crippen LogP contribution in [0.1, 0.15) is 71.5 Å². The minimum absolute atomic E-state index is 0.00571. The summed E-state index contributed by atoms with van der Waals surface area (Å²) in [5, 5.41) is 6.76. The molecule has 0 bridgehead atoms. The van der Waals surface area contributed by atoms with Crippen LogP contribution in [0.25, 0.3) is 0 Å². The van der Waals surface area contributed by atoms with Gasteiger partial charge < -0.3 is 19.2 Å². The second kappa shape index (κ2) is 9.02. The molecule has 2 amide bonds. The van der Waals surface area contributed by atoms with Gasteiger partial charge in [0.05, 0.1) is 19.4 Å². The summed E-state index contributed by atoms with van der Waals surface area (Å²) in [5.74, 6) is 1.27. The molecule has 0 unspecified atom stereocenters. The van der Waals surface area contributed by atoms with Gasteiger partial charge in [-0.05, 0) is 54.0 Å². The maximum atomic E-state index is 13.3. The number of furan rings is 1. The molecule has 1 fully saturated rings. The van der Waals surface area contributed by atoms with Crippen molar-refractivity contribution in [1.29, 1.82) is 0 Å². The molecule has 7 heteroatoms. The minimum atomic E-state index is -0.256. The molecule has 1 aliphatic carbocycles. The van der Waals surface area contributed by atoms with E-state index in [1.54, 1.807) is 23.3 Å². The third-order valence-corrected chi connectivity index (χ3v) is 5.60. The molecule has 0 aliphatic heterocycles. The van der Waals surface area contributed by atoms with Crippen LogP contribution in [-0.4, -0.2) is 28.4 Å². The van der Waals surface area contributed by atoms with Gasteiger partial charge in [0.1, 0.15) is 5.76 Å². The van der Waals surface area contributed by atoms with E-state index in [-0.39, 0.29) is 36.0 Å². The van der Waals surface area contributed by atoms with Crippen molar-refractivity contribution in [3.8, 4) is 0 Å². The van der Waals surface area contributed by atoms with E-state index < -0.39 is 0 Å². The Balaban J connectivity index is 1.49. The molecule has 32 heavy (non-hydrogen) atoms. The summed E-state index contributed by atoms with van der Waals surface area (Å²) in [7, 11) is 0. The monoisotopic (exact) mass is 435 g/mol. The molecule has 4 rings (SSSR count). The Morgan fingerprint density at radius 3 is 2.44 bits per heavy atom. The Labute approximate surface area is 187 Å². The summed E-state index contributed by atoms with van der Waals surface area (Å²) in [6, 6.07) is 12.8. The quantitative estimate of drug-likeness (QED) is 0.561. The number of hydrogen-bond donors (Lipinski definition) is 1. The summed E-state index contributed by atoms with van der Waals surface area (Å²) in [5.41, 5.74) is 1.96. The smallest absolute Gasteiger partial charge is 0.273 e. The Morgan fingerprint density at radius 1 is 1.09 bits per heavy atom. The second-order valence-corrected chi connectivity index (χ2v) is 9.40. The number of rotatable bonds is 8. The number of carbonyl (C=O) groups excluding carboxylic acids is 2. The largest absolute Gasteiger partial charge is 0.467 e. The Morgan fingerprint density at radius 2 is 1.81 bits per heavy atom. The van der Waals surface area contributed by atoms with E-state index in [0.717, 1.165) is 18.4 Å². The summed E-state index contributed by atoms with van der Waals surface area (Å²) in [4.78, 5) is 27.2. The van der Waals surface area contributed by atoms with E-state index in [1.807, 2.05) is 30.3 Å². The van der Waals surface area contributed by atoms with Crippen LogP contribution < -0.4 is 5.32 Å². The fourth-order valence-electron chi connectivity index (χ4n) is 3.42.